The zero-order valence-electron chi connectivity index (χ0n) is 14.4. The molecule has 3 aromatic rings. The monoisotopic (exact) mass is 346 g/mol. The van der Waals surface area contributed by atoms with Crippen molar-refractivity contribution in [3.63, 3.8) is 0 Å². The average molecular weight is 346 g/mol. The van der Waals surface area contributed by atoms with E-state index < -0.39 is 0 Å². The lowest BCUT2D eigenvalue weighted by Gasteiger charge is -2.15. The number of aryl methyl sites for hydroxylation is 1. The first-order valence-corrected chi connectivity index (χ1v) is 9.32. The fourth-order valence-corrected chi connectivity index (χ4v) is 4.30. The van der Waals surface area contributed by atoms with E-state index in [0.29, 0.717) is 0 Å². The van der Waals surface area contributed by atoms with Gasteiger partial charge < -0.3 is 4.74 Å². The summed E-state index contributed by atoms with van der Waals surface area (Å²) in [5.74, 6) is 1.81. The van der Waals surface area contributed by atoms with E-state index >= 15 is 0 Å². The summed E-state index contributed by atoms with van der Waals surface area (Å²) in [7, 11) is 0. The number of nitrogens with zero attached hydrogens (tertiary/aromatic N) is 1. The van der Waals surface area contributed by atoms with Gasteiger partial charge in [-0.3, -0.25) is 0 Å². The second kappa shape index (κ2) is 6.69. The summed E-state index contributed by atoms with van der Waals surface area (Å²) in [6.45, 7) is 5.15. The van der Waals surface area contributed by atoms with Crippen molar-refractivity contribution < 1.29 is 9.30 Å². The third-order valence-corrected chi connectivity index (χ3v) is 5.35. The second-order valence-corrected chi connectivity index (χ2v) is 7.09. The Morgan fingerprint density at radius 1 is 1.00 bits per heavy atom. The van der Waals surface area contributed by atoms with Crippen LogP contribution in [0.5, 0.6) is 0 Å². The van der Waals surface area contributed by atoms with E-state index in [-0.39, 0.29) is 0 Å². The highest BCUT2D eigenvalue weighted by molar-refractivity contribution is 7.18. The quantitative estimate of drug-likeness (QED) is 0.565. The topological polar surface area (TPSA) is 13.1 Å². The molecule has 0 atom stereocenters. The van der Waals surface area contributed by atoms with Gasteiger partial charge >= 0.3 is 0 Å². The van der Waals surface area contributed by atoms with Crippen molar-refractivity contribution in [2.75, 3.05) is 0 Å². The van der Waals surface area contributed by atoms with Crippen LogP contribution in [-0.4, -0.2) is 0 Å². The number of rotatable bonds is 3. The van der Waals surface area contributed by atoms with E-state index in [1.165, 1.54) is 15.2 Å². The smallest absolute Gasteiger partial charge is 0.263 e. The first kappa shape index (κ1) is 15.9. The van der Waals surface area contributed by atoms with Gasteiger partial charge in [-0.05, 0) is 37.6 Å². The molecule has 2 nitrogen and oxygen atoms in total. The molecule has 0 fully saturated rings. The van der Waals surface area contributed by atoms with Gasteiger partial charge in [-0.15, -0.1) is 0 Å². The summed E-state index contributed by atoms with van der Waals surface area (Å²) < 4.78 is 9.61. The molecule has 25 heavy (non-hydrogen) atoms. The van der Waals surface area contributed by atoms with E-state index in [0.717, 1.165) is 29.2 Å². The van der Waals surface area contributed by atoms with Crippen LogP contribution in [0, 0.1) is 0 Å². The third-order valence-electron chi connectivity index (χ3n) is 4.24. The zero-order valence-corrected chi connectivity index (χ0v) is 15.2. The average Bonchev–Trinajstić information content (AvgIpc) is 2.99. The highest BCUT2D eigenvalue weighted by Crippen LogP contribution is 2.29. The van der Waals surface area contributed by atoms with Gasteiger partial charge in [0.2, 0.25) is 5.52 Å². The third kappa shape index (κ3) is 3.15. The summed E-state index contributed by atoms with van der Waals surface area (Å²) >= 11 is 1.83. The van der Waals surface area contributed by atoms with Crippen LogP contribution in [0.4, 0.5) is 0 Å². The molecular formula is C22H20NOS+. The van der Waals surface area contributed by atoms with E-state index in [1.54, 1.807) is 0 Å². The van der Waals surface area contributed by atoms with Crippen LogP contribution in [0.3, 0.4) is 0 Å². The number of hydrogen-bond donors (Lipinski definition) is 0. The van der Waals surface area contributed by atoms with Crippen molar-refractivity contribution >= 4 is 33.4 Å². The van der Waals surface area contributed by atoms with Crippen molar-refractivity contribution in [1.29, 1.82) is 0 Å². The van der Waals surface area contributed by atoms with Crippen LogP contribution >= 0.6 is 11.3 Å². The Morgan fingerprint density at radius 3 is 2.56 bits per heavy atom. The Morgan fingerprint density at radius 2 is 1.76 bits per heavy atom. The first-order chi connectivity index (χ1) is 12.2. The Labute approximate surface area is 152 Å². The molecule has 0 saturated heterocycles. The normalized spacial score (nSPS) is 15.8. The summed E-state index contributed by atoms with van der Waals surface area (Å²) in [4.78, 5) is 0. The predicted octanol–water partition coefficient (Wildman–Crippen LogP) is 5.57. The fourth-order valence-electron chi connectivity index (χ4n) is 3.12. The van der Waals surface area contributed by atoms with Gasteiger partial charge in [0, 0.05) is 17.7 Å². The van der Waals surface area contributed by atoms with Crippen molar-refractivity contribution in [3.05, 3.63) is 88.7 Å². The molecule has 0 spiro atoms. The SMILES string of the molecule is CC[n+]1c(/C=C2/C=C(C)OC(c3ccccc3)=C2)sc2ccccc21. The molecule has 0 bridgehead atoms. The number of fused-ring (bicyclic) bond motifs is 1. The lowest BCUT2D eigenvalue weighted by atomic mass is 10.1. The maximum Gasteiger partial charge on any atom is 0.263 e. The molecule has 0 radical (unpaired) electrons. The first-order valence-electron chi connectivity index (χ1n) is 8.51. The molecule has 124 valence electrons. The number of allylic oxidation sites excluding steroid dienone is 4. The number of aromatic nitrogens is 1. The molecule has 3 heteroatoms. The van der Waals surface area contributed by atoms with Crippen molar-refractivity contribution in [2.24, 2.45) is 0 Å². The molecule has 0 amide bonds. The lowest BCUT2D eigenvalue weighted by molar-refractivity contribution is -0.665. The van der Waals surface area contributed by atoms with Gasteiger partial charge in [0.05, 0.1) is 0 Å². The van der Waals surface area contributed by atoms with E-state index in [9.17, 15) is 0 Å². The molecule has 1 aliphatic rings. The fraction of sp³-hybridized carbons (Fsp3) is 0.136. The van der Waals surface area contributed by atoms with Gasteiger partial charge in [-0.25, -0.2) is 0 Å². The minimum absolute atomic E-state index is 0.899. The molecule has 2 aromatic carbocycles. The summed E-state index contributed by atoms with van der Waals surface area (Å²) in [5, 5.41) is 1.26. The molecule has 0 N–H and O–H groups in total. The zero-order chi connectivity index (χ0) is 17.2. The van der Waals surface area contributed by atoms with Crippen molar-refractivity contribution in [1.82, 2.24) is 0 Å². The molecular weight excluding hydrogens is 326 g/mol. The van der Waals surface area contributed by atoms with Crippen molar-refractivity contribution in [3.8, 4) is 0 Å². The molecule has 4 rings (SSSR count). The number of ether oxygens (including phenoxy) is 1. The van der Waals surface area contributed by atoms with Gasteiger partial charge in [-0.1, -0.05) is 53.8 Å². The van der Waals surface area contributed by atoms with E-state index in [1.807, 2.05) is 36.5 Å². The molecule has 0 unspecified atom stereocenters. The molecule has 1 aliphatic heterocycles. The highest BCUT2D eigenvalue weighted by Gasteiger charge is 2.18. The Kier molecular flexibility index (Phi) is 4.24. The standard InChI is InChI=1S/C22H20NOS/c1-3-23-19-11-7-8-12-21(19)25-22(23)15-17-13-16(2)24-20(14-17)18-9-5-4-6-10-18/h4-15H,3H2,1-2H3/q+1/b17-15-. The van der Waals surface area contributed by atoms with Gasteiger partial charge in [0.15, 0.2) is 0 Å². The minimum atomic E-state index is 0.899. The summed E-state index contributed by atoms with van der Waals surface area (Å²) in [6, 6.07) is 18.8. The molecule has 1 aromatic heterocycles. The number of para-hydroxylation sites is 1. The predicted molar refractivity (Wildman–Crippen MR) is 105 cm³/mol. The maximum absolute atomic E-state index is 5.93. The Hall–Kier alpha value is -2.65. The van der Waals surface area contributed by atoms with Crippen LogP contribution in [0.2, 0.25) is 0 Å². The van der Waals surface area contributed by atoms with Crippen LogP contribution in [0.1, 0.15) is 24.4 Å². The number of benzene rings is 2. The van der Waals surface area contributed by atoms with Crippen LogP contribution in [-0.2, 0) is 11.3 Å². The van der Waals surface area contributed by atoms with Crippen LogP contribution in [0.25, 0.3) is 22.1 Å². The molecule has 0 aliphatic carbocycles. The highest BCUT2D eigenvalue weighted by atomic mass is 32.1. The van der Waals surface area contributed by atoms with Gasteiger partial charge in [-0.2, -0.15) is 4.57 Å². The Balaban J connectivity index is 1.80. The van der Waals surface area contributed by atoms with Gasteiger partial charge in [0.1, 0.15) is 22.8 Å². The molecule has 2 heterocycles. The second-order valence-electron chi connectivity index (χ2n) is 6.03. The van der Waals surface area contributed by atoms with E-state index in [4.69, 9.17) is 4.74 Å². The van der Waals surface area contributed by atoms with Crippen molar-refractivity contribution in [2.45, 2.75) is 20.4 Å². The molecule has 0 saturated carbocycles. The van der Waals surface area contributed by atoms with Gasteiger partial charge in [0.25, 0.3) is 5.01 Å². The summed E-state index contributed by atoms with van der Waals surface area (Å²) in [5.41, 5.74) is 3.55. The van der Waals surface area contributed by atoms with E-state index in [2.05, 4.69) is 66.1 Å². The number of thiazole rings is 1. The number of hydrogen-bond acceptors (Lipinski definition) is 2. The minimum Gasteiger partial charge on any atom is -0.461 e. The Bertz CT molecular complexity index is 1010. The lowest BCUT2D eigenvalue weighted by Crippen LogP contribution is -2.33. The largest absolute Gasteiger partial charge is 0.461 e. The maximum atomic E-state index is 5.93. The summed E-state index contributed by atoms with van der Waals surface area (Å²) in [6.07, 6.45) is 6.46. The van der Waals surface area contributed by atoms with Crippen LogP contribution in [0.15, 0.2) is 78.1 Å². The van der Waals surface area contributed by atoms with Crippen LogP contribution < -0.4 is 4.57 Å².